The van der Waals surface area contributed by atoms with Crippen LogP contribution in [-0.4, -0.2) is 27.2 Å². The molecule has 1 fully saturated rings. The Bertz CT molecular complexity index is 570. The first-order valence-corrected chi connectivity index (χ1v) is 6.51. The second kappa shape index (κ2) is 4.37. The number of aliphatic hydroxyl groups excluding tert-OH is 1. The third kappa shape index (κ3) is 1.82. The number of imidazole rings is 1. The zero-order valence-electron chi connectivity index (χ0n) is 10.8. The molecular formula is C14H19N3O. The Morgan fingerprint density at radius 3 is 3.06 bits per heavy atom. The van der Waals surface area contributed by atoms with Gasteiger partial charge in [0.1, 0.15) is 5.82 Å². The Labute approximate surface area is 107 Å². The summed E-state index contributed by atoms with van der Waals surface area (Å²) < 4.78 is 2.07. The lowest BCUT2D eigenvalue weighted by Gasteiger charge is -2.18. The van der Waals surface area contributed by atoms with E-state index in [1.807, 2.05) is 32.2 Å². The number of nitrogens with one attached hydrogen (secondary N) is 1. The number of hydrogen-bond acceptors (Lipinski definition) is 3. The molecule has 96 valence electrons. The summed E-state index contributed by atoms with van der Waals surface area (Å²) in [6.45, 7) is 3.00. The van der Waals surface area contributed by atoms with Gasteiger partial charge in [0.15, 0.2) is 0 Å². The number of benzene rings is 1. The van der Waals surface area contributed by atoms with Crippen molar-refractivity contribution in [2.45, 2.75) is 31.9 Å². The van der Waals surface area contributed by atoms with Gasteiger partial charge in [-0.1, -0.05) is 6.07 Å². The van der Waals surface area contributed by atoms with E-state index >= 15 is 0 Å². The van der Waals surface area contributed by atoms with Gasteiger partial charge in [0, 0.05) is 13.1 Å². The Hall–Kier alpha value is -1.39. The van der Waals surface area contributed by atoms with E-state index in [0.29, 0.717) is 0 Å². The van der Waals surface area contributed by atoms with E-state index in [4.69, 9.17) is 0 Å². The quantitative estimate of drug-likeness (QED) is 0.846. The fourth-order valence-electron chi connectivity index (χ4n) is 2.73. The standard InChI is InChI=1S/C14H19N3O/c1-9-16-12-8-10(5-6-13(12)17(9)2)14(18)11-4-3-7-15-11/h5-6,8,11,14-15,18H,3-4,7H2,1-2H3. The zero-order valence-corrected chi connectivity index (χ0v) is 10.8. The molecule has 1 aromatic carbocycles. The Balaban J connectivity index is 1.97. The van der Waals surface area contributed by atoms with Crippen LogP contribution in [0.1, 0.15) is 30.3 Å². The first-order chi connectivity index (χ1) is 8.66. The van der Waals surface area contributed by atoms with E-state index in [2.05, 4.69) is 14.9 Å². The molecule has 2 unspecified atom stereocenters. The van der Waals surface area contributed by atoms with Crippen LogP contribution < -0.4 is 5.32 Å². The molecule has 1 aliphatic rings. The van der Waals surface area contributed by atoms with Crippen LogP contribution in [0.4, 0.5) is 0 Å². The summed E-state index contributed by atoms with van der Waals surface area (Å²) in [7, 11) is 2.01. The molecule has 1 aliphatic heterocycles. The minimum absolute atomic E-state index is 0.187. The Morgan fingerprint density at radius 2 is 2.33 bits per heavy atom. The molecule has 4 nitrogen and oxygen atoms in total. The van der Waals surface area contributed by atoms with Gasteiger partial charge in [-0.3, -0.25) is 0 Å². The molecule has 0 amide bonds. The number of nitrogens with zero attached hydrogens (tertiary/aromatic N) is 2. The highest BCUT2D eigenvalue weighted by Gasteiger charge is 2.24. The van der Waals surface area contributed by atoms with Gasteiger partial charge in [-0.2, -0.15) is 0 Å². The maximum atomic E-state index is 10.4. The molecule has 2 heterocycles. The summed E-state index contributed by atoms with van der Waals surface area (Å²) in [5.41, 5.74) is 3.03. The highest BCUT2D eigenvalue weighted by atomic mass is 16.3. The highest BCUT2D eigenvalue weighted by Crippen LogP contribution is 2.26. The van der Waals surface area contributed by atoms with Gasteiger partial charge in [0.05, 0.1) is 17.1 Å². The van der Waals surface area contributed by atoms with Crippen molar-refractivity contribution in [2.75, 3.05) is 6.54 Å². The lowest BCUT2D eigenvalue weighted by atomic mass is 10.0. The third-order valence-corrected chi connectivity index (χ3v) is 3.95. The van der Waals surface area contributed by atoms with E-state index in [1.165, 1.54) is 0 Å². The molecule has 0 bridgehead atoms. The first kappa shape index (κ1) is 11.7. The van der Waals surface area contributed by atoms with Crippen molar-refractivity contribution in [3.05, 3.63) is 29.6 Å². The van der Waals surface area contributed by atoms with Crippen LogP contribution in [0.5, 0.6) is 0 Å². The summed E-state index contributed by atoms with van der Waals surface area (Å²) in [6.07, 6.45) is 1.76. The van der Waals surface area contributed by atoms with Crippen molar-refractivity contribution in [1.29, 1.82) is 0 Å². The molecular weight excluding hydrogens is 226 g/mol. The van der Waals surface area contributed by atoms with Crippen LogP contribution in [0.25, 0.3) is 11.0 Å². The summed E-state index contributed by atoms with van der Waals surface area (Å²) in [5, 5.41) is 13.7. The lowest BCUT2D eigenvalue weighted by molar-refractivity contribution is 0.137. The molecule has 1 saturated heterocycles. The van der Waals surface area contributed by atoms with Crippen molar-refractivity contribution >= 4 is 11.0 Å². The molecule has 2 N–H and O–H groups in total. The van der Waals surface area contributed by atoms with E-state index in [9.17, 15) is 5.11 Å². The van der Waals surface area contributed by atoms with Gasteiger partial charge in [-0.15, -0.1) is 0 Å². The molecule has 0 radical (unpaired) electrons. The maximum Gasteiger partial charge on any atom is 0.106 e. The molecule has 0 saturated carbocycles. The van der Waals surface area contributed by atoms with Gasteiger partial charge in [0.2, 0.25) is 0 Å². The van der Waals surface area contributed by atoms with Crippen molar-refractivity contribution in [3.8, 4) is 0 Å². The zero-order chi connectivity index (χ0) is 12.7. The normalized spacial score (nSPS) is 21.6. The van der Waals surface area contributed by atoms with Gasteiger partial charge in [-0.25, -0.2) is 4.98 Å². The average molecular weight is 245 g/mol. The number of aliphatic hydroxyl groups is 1. The van der Waals surface area contributed by atoms with E-state index in [1.54, 1.807) is 0 Å². The smallest absolute Gasteiger partial charge is 0.106 e. The molecule has 2 aromatic rings. The van der Waals surface area contributed by atoms with Gasteiger partial charge < -0.3 is 15.0 Å². The Kier molecular flexibility index (Phi) is 2.84. The molecule has 3 rings (SSSR count). The van der Waals surface area contributed by atoms with E-state index in [0.717, 1.165) is 41.8 Å². The second-order valence-corrected chi connectivity index (χ2v) is 5.11. The molecule has 2 atom stereocenters. The van der Waals surface area contributed by atoms with Crippen molar-refractivity contribution in [1.82, 2.24) is 14.9 Å². The van der Waals surface area contributed by atoms with Crippen molar-refractivity contribution in [2.24, 2.45) is 7.05 Å². The third-order valence-electron chi connectivity index (χ3n) is 3.95. The van der Waals surface area contributed by atoms with Crippen LogP contribution in [-0.2, 0) is 7.05 Å². The highest BCUT2D eigenvalue weighted by molar-refractivity contribution is 5.76. The SMILES string of the molecule is Cc1nc2cc(C(O)C3CCCN3)ccc2n1C. The maximum absolute atomic E-state index is 10.4. The topological polar surface area (TPSA) is 50.1 Å². The number of fused-ring (bicyclic) bond motifs is 1. The van der Waals surface area contributed by atoms with Crippen LogP contribution in [0.2, 0.25) is 0 Å². The predicted molar refractivity (Wildman–Crippen MR) is 71.4 cm³/mol. The molecule has 1 aromatic heterocycles. The fourth-order valence-corrected chi connectivity index (χ4v) is 2.73. The Morgan fingerprint density at radius 1 is 1.50 bits per heavy atom. The monoisotopic (exact) mass is 245 g/mol. The van der Waals surface area contributed by atoms with Crippen molar-refractivity contribution < 1.29 is 5.11 Å². The van der Waals surface area contributed by atoms with Crippen molar-refractivity contribution in [3.63, 3.8) is 0 Å². The van der Waals surface area contributed by atoms with Crippen LogP contribution in [0.3, 0.4) is 0 Å². The van der Waals surface area contributed by atoms with Gasteiger partial charge in [-0.05, 0) is 44.0 Å². The van der Waals surface area contributed by atoms with Crippen LogP contribution in [0.15, 0.2) is 18.2 Å². The van der Waals surface area contributed by atoms with Crippen LogP contribution >= 0.6 is 0 Å². The van der Waals surface area contributed by atoms with E-state index in [-0.39, 0.29) is 6.04 Å². The minimum atomic E-state index is -0.431. The number of aromatic nitrogens is 2. The number of aryl methyl sites for hydroxylation is 2. The number of rotatable bonds is 2. The van der Waals surface area contributed by atoms with Gasteiger partial charge in [0.25, 0.3) is 0 Å². The average Bonchev–Trinajstić information content (AvgIpc) is 2.98. The molecule has 0 spiro atoms. The molecule has 0 aliphatic carbocycles. The first-order valence-electron chi connectivity index (χ1n) is 6.51. The minimum Gasteiger partial charge on any atom is -0.387 e. The second-order valence-electron chi connectivity index (χ2n) is 5.11. The summed E-state index contributed by atoms with van der Waals surface area (Å²) in [5.74, 6) is 0.996. The lowest BCUT2D eigenvalue weighted by Crippen LogP contribution is -2.28. The molecule has 4 heteroatoms. The van der Waals surface area contributed by atoms with Gasteiger partial charge >= 0.3 is 0 Å². The molecule has 18 heavy (non-hydrogen) atoms. The summed E-state index contributed by atoms with van der Waals surface area (Å²) >= 11 is 0. The largest absolute Gasteiger partial charge is 0.387 e. The van der Waals surface area contributed by atoms with Crippen LogP contribution in [0, 0.1) is 6.92 Å². The van der Waals surface area contributed by atoms with E-state index < -0.39 is 6.10 Å². The fraction of sp³-hybridized carbons (Fsp3) is 0.500. The number of hydrogen-bond donors (Lipinski definition) is 2. The predicted octanol–water partition coefficient (Wildman–Crippen LogP) is 1.67. The summed E-state index contributed by atoms with van der Waals surface area (Å²) in [4.78, 5) is 4.51. The summed E-state index contributed by atoms with van der Waals surface area (Å²) in [6, 6.07) is 6.25.